The topological polar surface area (TPSA) is 96.8 Å². The fourth-order valence-corrected chi connectivity index (χ4v) is 3.29. The van der Waals surface area contributed by atoms with E-state index in [0.717, 1.165) is 30.5 Å². The van der Waals surface area contributed by atoms with E-state index in [4.69, 9.17) is 12.2 Å². The molecule has 7 nitrogen and oxygen atoms in total. The maximum absolute atomic E-state index is 12.3. The van der Waals surface area contributed by atoms with Crippen LogP contribution >= 0.6 is 12.2 Å². The van der Waals surface area contributed by atoms with Crippen LogP contribution in [0.1, 0.15) is 37.7 Å². The number of carbonyl (C=O) groups is 1. The molecule has 2 N–H and O–H groups in total. The van der Waals surface area contributed by atoms with Crippen LogP contribution in [-0.4, -0.2) is 35.3 Å². The van der Waals surface area contributed by atoms with Gasteiger partial charge in [0.1, 0.15) is 12.4 Å². The van der Waals surface area contributed by atoms with Crippen LogP contribution in [0, 0.1) is 4.77 Å². The molecule has 0 spiro atoms. The standard InChI is InChI=1S/C16H22N4O3S2/c1-4-5-14-18-19-16(24)20(14)10-15(21)17-11(2)12-6-8-13(9-7-12)25(3,22)23/h6-9,11H,4-5,10H2,1-3H3,(H,17,21)(H,19,24). The summed E-state index contributed by atoms with van der Waals surface area (Å²) in [5.74, 6) is 0.572. The number of carbonyl (C=O) groups excluding carboxylic acids is 1. The van der Waals surface area contributed by atoms with Gasteiger partial charge >= 0.3 is 0 Å². The molecule has 0 aliphatic rings. The van der Waals surface area contributed by atoms with Gasteiger partial charge in [-0.05, 0) is 43.3 Å². The largest absolute Gasteiger partial charge is 0.348 e. The molecule has 9 heteroatoms. The minimum Gasteiger partial charge on any atom is -0.348 e. The quantitative estimate of drug-likeness (QED) is 0.716. The lowest BCUT2D eigenvalue weighted by Gasteiger charge is -2.15. The molecule has 1 amide bonds. The Bertz CT molecular complexity index is 898. The van der Waals surface area contributed by atoms with E-state index < -0.39 is 9.84 Å². The van der Waals surface area contributed by atoms with Crippen molar-refractivity contribution in [1.82, 2.24) is 20.1 Å². The Morgan fingerprint density at radius 3 is 2.56 bits per heavy atom. The van der Waals surface area contributed by atoms with Crippen LogP contribution in [0.5, 0.6) is 0 Å². The predicted octanol–water partition coefficient (Wildman–Crippen LogP) is 2.17. The average molecular weight is 383 g/mol. The second kappa shape index (κ2) is 7.92. The summed E-state index contributed by atoms with van der Waals surface area (Å²) in [7, 11) is -3.23. The Kier molecular flexibility index (Phi) is 6.12. The van der Waals surface area contributed by atoms with Crippen molar-refractivity contribution in [1.29, 1.82) is 0 Å². The van der Waals surface area contributed by atoms with Crippen molar-refractivity contribution in [3.05, 3.63) is 40.4 Å². The summed E-state index contributed by atoms with van der Waals surface area (Å²) in [6.45, 7) is 3.97. The van der Waals surface area contributed by atoms with Crippen LogP contribution in [0.3, 0.4) is 0 Å². The Hall–Kier alpha value is -2.00. The lowest BCUT2D eigenvalue weighted by atomic mass is 10.1. The van der Waals surface area contributed by atoms with Gasteiger partial charge in [0.05, 0.1) is 10.9 Å². The zero-order valence-electron chi connectivity index (χ0n) is 14.4. The lowest BCUT2D eigenvalue weighted by Crippen LogP contribution is -2.30. The van der Waals surface area contributed by atoms with Crippen LogP contribution in [0.15, 0.2) is 29.2 Å². The van der Waals surface area contributed by atoms with Crippen LogP contribution in [0.4, 0.5) is 0 Å². The number of amides is 1. The zero-order valence-corrected chi connectivity index (χ0v) is 16.1. The van der Waals surface area contributed by atoms with Crippen molar-refractivity contribution in [2.45, 2.75) is 44.2 Å². The predicted molar refractivity (Wildman–Crippen MR) is 97.5 cm³/mol. The van der Waals surface area contributed by atoms with E-state index in [-0.39, 0.29) is 23.4 Å². The third-order valence-electron chi connectivity index (χ3n) is 3.80. The summed E-state index contributed by atoms with van der Waals surface area (Å²) in [6.07, 6.45) is 2.81. The molecule has 2 rings (SSSR count). The van der Waals surface area contributed by atoms with Crippen molar-refractivity contribution in [2.75, 3.05) is 6.26 Å². The molecule has 0 saturated carbocycles. The van der Waals surface area contributed by atoms with Crippen LogP contribution in [0.2, 0.25) is 0 Å². The Morgan fingerprint density at radius 1 is 1.36 bits per heavy atom. The molecule has 1 atom stereocenters. The van der Waals surface area contributed by atoms with E-state index in [1.54, 1.807) is 28.8 Å². The minimum atomic E-state index is -3.23. The first-order valence-electron chi connectivity index (χ1n) is 7.95. The third-order valence-corrected chi connectivity index (χ3v) is 5.24. The first-order valence-corrected chi connectivity index (χ1v) is 10.3. The average Bonchev–Trinajstić information content (AvgIpc) is 2.87. The molecule has 136 valence electrons. The molecule has 0 radical (unpaired) electrons. The second-order valence-electron chi connectivity index (χ2n) is 5.91. The van der Waals surface area contributed by atoms with Crippen LogP contribution < -0.4 is 5.32 Å². The number of aromatic amines is 1. The van der Waals surface area contributed by atoms with Gasteiger partial charge in [0, 0.05) is 12.7 Å². The highest BCUT2D eigenvalue weighted by Crippen LogP contribution is 2.16. The van der Waals surface area contributed by atoms with Crippen molar-refractivity contribution in [2.24, 2.45) is 0 Å². The molecule has 0 fully saturated rings. The SMILES string of the molecule is CCCc1n[nH]c(=S)n1CC(=O)NC(C)c1ccc(S(C)(=O)=O)cc1. The molecule has 0 aliphatic carbocycles. The summed E-state index contributed by atoms with van der Waals surface area (Å²) < 4.78 is 25.1. The van der Waals surface area contributed by atoms with Gasteiger partial charge in [0.15, 0.2) is 14.6 Å². The van der Waals surface area contributed by atoms with Gasteiger partial charge < -0.3 is 5.32 Å². The number of rotatable bonds is 7. The molecular formula is C16H22N4O3S2. The Morgan fingerprint density at radius 2 is 2.00 bits per heavy atom. The molecule has 1 heterocycles. The van der Waals surface area contributed by atoms with Gasteiger partial charge in [-0.1, -0.05) is 19.1 Å². The lowest BCUT2D eigenvalue weighted by molar-refractivity contribution is -0.122. The highest BCUT2D eigenvalue weighted by molar-refractivity contribution is 7.90. The van der Waals surface area contributed by atoms with E-state index in [1.807, 2.05) is 13.8 Å². The molecule has 2 aromatic rings. The highest BCUT2D eigenvalue weighted by atomic mass is 32.2. The molecule has 1 unspecified atom stereocenters. The Balaban J connectivity index is 2.05. The number of H-pyrrole nitrogens is 1. The van der Waals surface area contributed by atoms with E-state index in [9.17, 15) is 13.2 Å². The number of nitrogens with zero attached hydrogens (tertiary/aromatic N) is 2. The number of nitrogens with one attached hydrogen (secondary N) is 2. The number of benzene rings is 1. The highest BCUT2D eigenvalue weighted by Gasteiger charge is 2.14. The monoisotopic (exact) mass is 382 g/mol. The molecular weight excluding hydrogens is 360 g/mol. The summed E-state index contributed by atoms with van der Waals surface area (Å²) in [5.41, 5.74) is 0.824. The first kappa shape index (κ1) is 19.3. The normalized spacial score (nSPS) is 12.8. The van der Waals surface area contributed by atoms with Gasteiger partial charge in [-0.25, -0.2) is 8.42 Å². The first-order chi connectivity index (χ1) is 11.7. The number of aryl methyl sites for hydroxylation is 1. The van der Waals surface area contributed by atoms with Crippen molar-refractivity contribution >= 4 is 28.0 Å². The Labute approximate surface area is 152 Å². The van der Waals surface area contributed by atoms with E-state index in [1.165, 1.54) is 0 Å². The summed E-state index contributed by atoms with van der Waals surface area (Å²) in [4.78, 5) is 12.6. The number of hydrogen-bond acceptors (Lipinski definition) is 5. The molecule has 0 bridgehead atoms. The smallest absolute Gasteiger partial charge is 0.240 e. The van der Waals surface area contributed by atoms with Gasteiger partial charge in [-0.3, -0.25) is 14.5 Å². The number of sulfone groups is 1. The number of aromatic nitrogens is 3. The molecule has 1 aromatic heterocycles. The zero-order chi connectivity index (χ0) is 18.6. The van der Waals surface area contributed by atoms with Gasteiger partial charge in [-0.15, -0.1) is 0 Å². The molecule has 0 aliphatic heterocycles. The number of hydrogen-bond donors (Lipinski definition) is 2. The van der Waals surface area contributed by atoms with Gasteiger partial charge in [-0.2, -0.15) is 5.10 Å². The second-order valence-corrected chi connectivity index (χ2v) is 8.31. The van der Waals surface area contributed by atoms with E-state index in [0.29, 0.717) is 4.77 Å². The maximum Gasteiger partial charge on any atom is 0.240 e. The van der Waals surface area contributed by atoms with E-state index in [2.05, 4.69) is 15.5 Å². The molecule has 25 heavy (non-hydrogen) atoms. The van der Waals surface area contributed by atoms with Crippen LogP contribution in [0.25, 0.3) is 0 Å². The van der Waals surface area contributed by atoms with Gasteiger partial charge in [0.2, 0.25) is 5.91 Å². The molecule has 1 aromatic carbocycles. The fourth-order valence-electron chi connectivity index (χ4n) is 2.45. The van der Waals surface area contributed by atoms with Crippen molar-refractivity contribution < 1.29 is 13.2 Å². The molecule has 0 saturated heterocycles. The summed E-state index contributed by atoms with van der Waals surface area (Å²) >= 11 is 5.17. The summed E-state index contributed by atoms with van der Waals surface area (Å²) in [5, 5.41) is 9.74. The third kappa shape index (κ3) is 4.99. The van der Waals surface area contributed by atoms with Crippen molar-refractivity contribution in [3.8, 4) is 0 Å². The van der Waals surface area contributed by atoms with E-state index >= 15 is 0 Å². The fraction of sp³-hybridized carbons (Fsp3) is 0.438. The summed E-state index contributed by atoms with van der Waals surface area (Å²) in [6, 6.07) is 6.23. The van der Waals surface area contributed by atoms with Crippen molar-refractivity contribution in [3.63, 3.8) is 0 Å². The maximum atomic E-state index is 12.3. The minimum absolute atomic E-state index is 0.0937. The van der Waals surface area contributed by atoms with Crippen LogP contribution in [-0.2, 0) is 27.6 Å². The van der Waals surface area contributed by atoms with Gasteiger partial charge in [0.25, 0.3) is 0 Å².